The van der Waals surface area contributed by atoms with Crippen LogP contribution in [0.1, 0.15) is 94.7 Å². The van der Waals surface area contributed by atoms with E-state index in [-0.39, 0.29) is 29.0 Å². The second-order valence-electron chi connectivity index (χ2n) is 13.7. The minimum atomic E-state index is -5.00. The van der Waals surface area contributed by atoms with Gasteiger partial charge >= 0.3 is 18.4 Å². The number of hydrogen-bond donors (Lipinski definition) is 0. The third-order valence-electron chi connectivity index (χ3n) is 8.19. The number of nitrogens with zero attached hydrogens (tertiary/aromatic N) is 1. The summed E-state index contributed by atoms with van der Waals surface area (Å²) in [5, 5.41) is 0. The summed E-state index contributed by atoms with van der Waals surface area (Å²) in [5.74, 6) is 0.698. The van der Waals surface area contributed by atoms with Crippen LogP contribution in [0.25, 0.3) is 5.57 Å². The molecular formula is C33H39F6NO3. The Morgan fingerprint density at radius 3 is 2.12 bits per heavy atom. The van der Waals surface area contributed by atoms with Gasteiger partial charge in [0.15, 0.2) is 0 Å². The number of hydrogen-bond acceptors (Lipinski definition) is 3. The molecule has 0 saturated carbocycles. The van der Waals surface area contributed by atoms with Gasteiger partial charge in [0.25, 0.3) is 0 Å². The normalized spacial score (nSPS) is 21.3. The molecule has 2 aromatic carbocycles. The Balaban J connectivity index is 1.74. The first-order chi connectivity index (χ1) is 19.7. The molecule has 10 heteroatoms. The summed E-state index contributed by atoms with van der Waals surface area (Å²) in [7, 11) is 1.60. The van der Waals surface area contributed by atoms with Crippen molar-refractivity contribution in [3.8, 4) is 5.75 Å². The number of rotatable bonds is 6. The lowest BCUT2D eigenvalue weighted by atomic mass is 9.72. The predicted molar refractivity (Wildman–Crippen MR) is 153 cm³/mol. The van der Waals surface area contributed by atoms with Crippen LogP contribution in [0.2, 0.25) is 0 Å². The Hall–Kier alpha value is -3.17. The van der Waals surface area contributed by atoms with E-state index in [1.807, 2.05) is 12.1 Å². The van der Waals surface area contributed by atoms with Crippen molar-refractivity contribution in [3.05, 3.63) is 69.8 Å². The highest BCUT2D eigenvalue weighted by molar-refractivity contribution is 5.77. The average molecular weight is 612 g/mol. The van der Waals surface area contributed by atoms with Crippen LogP contribution >= 0.6 is 0 Å². The van der Waals surface area contributed by atoms with Crippen molar-refractivity contribution < 1.29 is 40.6 Å². The Labute approximate surface area is 249 Å². The Morgan fingerprint density at radius 2 is 1.58 bits per heavy atom. The molecule has 2 aliphatic rings. The number of cyclic esters (lactones) is 1. The Bertz CT molecular complexity index is 1370. The molecule has 1 aliphatic heterocycles. The number of benzene rings is 2. The molecule has 1 heterocycles. The first-order valence-electron chi connectivity index (χ1n) is 14.3. The van der Waals surface area contributed by atoms with E-state index >= 15 is 0 Å². The summed E-state index contributed by atoms with van der Waals surface area (Å²) in [6, 6.07) is 6.62. The second kappa shape index (κ2) is 11.4. The minimum absolute atomic E-state index is 0.0524. The second-order valence-corrected chi connectivity index (χ2v) is 13.7. The van der Waals surface area contributed by atoms with Crippen LogP contribution in [-0.4, -0.2) is 30.7 Å². The minimum Gasteiger partial charge on any atom is -0.496 e. The lowest BCUT2D eigenvalue weighted by Crippen LogP contribution is -2.35. The molecule has 0 radical (unpaired) electrons. The highest BCUT2D eigenvalue weighted by Crippen LogP contribution is 2.47. The van der Waals surface area contributed by atoms with E-state index in [1.54, 1.807) is 14.0 Å². The highest BCUT2D eigenvalue weighted by atomic mass is 19.4. The quantitative estimate of drug-likeness (QED) is 0.305. The molecule has 0 N–H and O–H groups in total. The predicted octanol–water partition coefficient (Wildman–Crippen LogP) is 9.87. The molecule has 2 aromatic rings. The molecule has 4 rings (SSSR count). The van der Waals surface area contributed by atoms with Gasteiger partial charge in [0, 0.05) is 12.1 Å². The van der Waals surface area contributed by atoms with Crippen molar-refractivity contribution in [1.29, 1.82) is 0 Å². The maximum Gasteiger partial charge on any atom is 0.416 e. The fourth-order valence-corrected chi connectivity index (χ4v) is 6.11. The van der Waals surface area contributed by atoms with E-state index in [1.165, 1.54) is 4.90 Å². The topological polar surface area (TPSA) is 38.8 Å². The maximum absolute atomic E-state index is 13.5. The van der Waals surface area contributed by atoms with E-state index in [2.05, 4.69) is 40.7 Å². The van der Waals surface area contributed by atoms with Crippen LogP contribution in [0.4, 0.5) is 31.1 Å². The van der Waals surface area contributed by atoms with Crippen LogP contribution in [0, 0.1) is 10.8 Å². The first-order valence-corrected chi connectivity index (χ1v) is 14.3. The van der Waals surface area contributed by atoms with Crippen molar-refractivity contribution in [2.45, 2.75) is 91.7 Å². The maximum atomic E-state index is 13.5. The number of methoxy groups -OCH3 is 1. The molecular weight excluding hydrogens is 572 g/mol. The zero-order chi connectivity index (χ0) is 32.1. The number of carbonyl (C=O) groups is 1. The molecule has 0 aromatic heterocycles. The van der Waals surface area contributed by atoms with Crippen LogP contribution in [0.15, 0.2) is 42.0 Å². The molecule has 1 amide bonds. The number of allylic oxidation sites excluding steroid dienone is 1. The lowest BCUT2D eigenvalue weighted by molar-refractivity contribution is -0.143. The van der Waals surface area contributed by atoms with Crippen molar-refractivity contribution in [2.75, 3.05) is 13.7 Å². The molecule has 1 saturated heterocycles. The molecule has 0 bridgehead atoms. The van der Waals surface area contributed by atoms with Gasteiger partial charge in [-0.2, -0.15) is 26.3 Å². The van der Waals surface area contributed by atoms with Gasteiger partial charge in [-0.25, -0.2) is 4.79 Å². The third-order valence-corrected chi connectivity index (χ3v) is 8.19. The number of ether oxygens (including phenoxy) is 2. The van der Waals surface area contributed by atoms with E-state index in [4.69, 9.17) is 9.47 Å². The van der Waals surface area contributed by atoms with Gasteiger partial charge in [0.1, 0.15) is 11.9 Å². The zero-order valence-electron chi connectivity index (χ0n) is 25.6. The number of amides is 1. The van der Waals surface area contributed by atoms with Crippen molar-refractivity contribution in [2.24, 2.45) is 10.8 Å². The lowest BCUT2D eigenvalue weighted by Gasteiger charge is -2.36. The summed E-state index contributed by atoms with van der Waals surface area (Å²) < 4.78 is 92.4. The van der Waals surface area contributed by atoms with Crippen LogP contribution in [0.3, 0.4) is 0 Å². The van der Waals surface area contributed by atoms with Gasteiger partial charge in [0.05, 0.1) is 24.3 Å². The van der Waals surface area contributed by atoms with E-state index in [9.17, 15) is 31.1 Å². The third kappa shape index (κ3) is 7.50. The first kappa shape index (κ1) is 32.7. The Kier molecular flexibility index (Phi) is 8.68. The Morgan fingerprint density at radius 1 is 0.977 bits per heavy atom. The number of carbonyl (C=O) groups excluding carboxylic acids is 1. The van der Waals surface area contributed by atoms with Gasteiger partial charge in [0.2, 0.25) is 0 Å². The summed E-state index contributed by atoms with van der Waals surface area (Å²) in [6.45, 7) is 12.4. The van der Waals surface area contributed by atoms with Gasteiger partial charge < -0.3 is 9.47 Å². The van der Waals surface area contributed by atoms with E-state index in [0.29, 0.717) is 24.3 Å². The molecule has 1 fully saturated rings. The largest absolute Gasteiger partial charge is 0.496 e. The standard InChI is InChI=1S/C33H39F6NO3/c1-19-28(21-13-23(32(34,35)36)15-24(14-21)33(37,38)39)43-29(41)40(19)18-22-17-31(5,6)11-10-25(22)26-12-20(16-30(2,3)4)8-9-27(26)42-7/h8-9,12-15,19,28H,10-11,16-18H2,1-7H3/t19-,28-/m0/s1. The van der Waals surface area contributed by atoms with Crippen molar-refractivity contribution in [1.82, 2.24) is 4.90 Å². The molecule has 236 valence electrons. The number of halogens is 6. The van der Waals surface area contributed by atoms with Gasteiger partial charge in [-0.3, -0.25) is 4.90 Å². The van der Waals surface area contributed by atoms with E-state index in [0.717, 1.165) is 41.5 Å². The fourth-order valence-electron chi connectivity index (χ4n) is 6.11. The summed E-state index contributed by atoms with van der Waals surface area (Å²) in [6.07, 6.45) is -8.99. The van der Waals surface area contributed by atoms with Crippen LogP contribution in [-0.2, 0) is 23.5 Å². The zero-order valence-corrected chi connectivity index (χ0v) is 25.6. The van der Waals surface area contributed by atoms with E-state index < -0.39 is 41.7 Å². The average Bonchev–Trinajstić information content (AvgIpc) is 3.14. The van der Waals surface area contributed by atoms with Gasteiger partial charge in [-0.15, -0.1) is 0 Å². The van der Waals surface area contributed by atoms with Crippen LogP contribution < -0.4 is 4.74 Å². The van der Waals surface area contributed by atoms with Crippen molar-refractivity contribution >= 4 is 11.7 Å². The summed E-state index contributed by atoms with van der Waals surface area (Å²) in [4.78, 5) is 14.6. The summed E-state index contributed by atoms with van der Waals surface area (Å²) >= 11 is 0. The molecule has 2 atom stereocenters. The van der Waals surface area contributed by atoms with Crippen LogP contribution in [0.5, 0.6) is 5.75 Å². The molecule has 0 spiro atoms. The van der Waals surface area contributed by atoms with Gasteiger partial charge in [-0.1, -0.05) is 40.7 Å². The molecule has 1 aliphatic carbocycles. The van der Waals surface area contributed by atoms with Crippen molar-refractivity contribution in [3.63, 3.8) is 0 Å². The highest BCUT2D eigenvalue weighted by Gasteiger charge is 2.44. The monoisotopic (exact) mass is 611 g/mol. The number of alkyl halides is 6. The molecule has 4 nitrogen and oxygen atoms in total. The smallest absolute Gasteiger partial charge is 0.416 e. The van der Waals surface area contributed by atoms with Gasteiger partial charge in [-0.05, 0) is 96.0 Å². The molecule has 0 unspecified atom stereocenters. The molecule has 43 heavy (non-hydrogen) atoms. The fraction of sp³-hybridized carbons (Fsp3) is 0.545. The summed E-state index contributed by atoms with van der Waals surface area (Å²) in [5.41, 5.74) is 0.806. The SMILES string of the molecule is COc1ccc(CC(C)(C)C)cc1C1=C(CN2C(=O)O[C@H](c3cc(C(F)(F)F)cc(C(F)(F)F)c3)[C@@H]2C)CC(C)(C)CC1.